The molecule has 1 atom stereocenters. The van der Waals surface area contributed by atoms with Crippen molar-refractivity contribution in [3.8, 4) is 0 Å². The number of hydrogen-bond donors (Lipinski definition) is 1. The molecule has 0 saturated heterocycles. The van der Waals surface area contributed by atoms with Crippen LogP contribution in [0.25, 0.3) is 0 Å². The molecule has 2 aromatic rings. The highest BCUT2D eigenvalue weighted by molar-refractivity contribution is 7.09. The van der Waals surface area contributed by atoms with Crippen LogP contribution in [-0.2, 0) is 23.9 Å². The SMILES string of the molecule is O=C(O)[C@@H]1CCCc2nn(Cc3csc(C(F)(F)F)n3)c(=O)n21. The van der Waals surface area contributed by atoms with Crippen LogP contribution in [0, 0.1) is 0 Å². The Morgan fingerprint density at radius 2 is 2.22 bits per heavy atom. The average molecular weight is 348 g/mol. The number of nitrogens with zero attached hydrogens (tertiary/aromatic N) is 4. The van der Waals surface area contributed by atoms with Crippen LogP contribution in [0.4, 0.5) is 13.2 Å². The van der Waals surface area contributed by atoms with Gasteiger partial charge < -0.3 is 5.11 Å². The lowest BCUT2D eigenvalue weighted by molar-refractivity contribution is -0.141. The lowest BCUT2D eigenvalue weighted by Crippen LogP contribution is -2.34. The predicted molar refractivity (Wildman–Crippen MR) is 72.3 cm³/mol. The van der Waals surface area contributed by atoms with Gasteiger partial charge in [-0.05, 0) is 12.8 Å². The number of hydrogen-bond acceptors (Lipinski definition) is 5. The van der Waals surface area contributed by atoms with E-state index in [2.05, 4.69) is 10.1 Å². The first-order valence-corrected chi connectivity index (χ1v) is 7.58. The summed E-state index contributed by atoms with van der Waals surface area (Å²) in [5, 5.41) is 13.4. The van der Waals surface area contributed by atoms with E-state index in [0.29, 0.717) is 36.4 Å². The van der Waals surface area contributed by atoms with Gasteiger partial charge >= 0.3 is 17.8 Å². The van der Waals surface area contributed by atoms with Gasteiger partial charge in [-0.3, -0.25) is 4.57 Å². The van der Waals surface area contributed by atoms with Gasteiger partial charge in [0, 0.05) is 11.8 Å². The molecule has 2 aromatic heterocycles. The summed E-state index contributed by atoms with van der Waals surface area (Å²) in [5.41, 5.74) is -0.583. The third-order valence-electron chi connectivity index (χ3n) is 3.52. The quantitative estimate of drug-likeness (QED) is 0.908. The minimum absolute atomic E-state index is 0.0618. The first kappa shape index (κ1) is 15.7. The maximum absolute atomic E-state index is 12.5. The van der Waals surface area contributed by atoms with Crippen molar-refractivity contribution in [2.75, 3.05) is 0 Å². The van der Waals surface area contributed by atoms with Crippen molar-refractivity contribution in [2.24, 2.45) is 0 Å². The number of aryl methyl sites for hydroxylation is 1. The van der Waals surface area contributed by atoms with Crippen LogP contribution in [0.3, 0.4) is 0 Å². The number of aromatic nitrogens is 4. The van der Waals surface area contributed by atoms with Crippen LogP contribution in [0.2, 0.25) is 0 Å². The Kier molecular flexibility index (Phi) is 3.74. The standard InChI is InChI=1S/C12H11F3N4O3S/c13-12(14,15)10-16-6(5-23-10)4-18-11(22)19-7(9(20)21)2-1-3-8(19)17-18/h5,7H,1-4H2,(H,20,21)/t7-/m0/s1. The molecule has 7 nitrogen and oxygen atoms in total. The molecule has 1 aliphatic rings. The van der Waals surface area contributed by atoms with Crippen molar-refractivity contribution >= 4 is 17.3 Å². The van der Waals surface area contributed by atoms with Crippen molar-refractivity contribution in [1.82, 2.24) is 19.3 Å². The number of alkyl halides is 3. The smallest absolute Gasteiger partial charge is 0.443 e. The van der Waals surface area contributed by atoms with Gasteiger partial charge in [0.2, 0.25) is 0 Å². The third kappa shape index (κ3) is 2.87. The molecule has 3 rings (SSSR count). The molecule has 0 saturated carbocycles. The highest BCUT2D eigenvalue weighted by atomic mass is 32.1. The van der Waals surface area contributed by atoms with Crippen molar-refractivity contribution < 1.29 is 23.1 Å². The van der Waals surface area contributed by atoms with Crippen molar-refractivity contribution in [1.29, 1.82) is 0 Å². The molecule has 124 valence electrons. The Balaban J connectivity index is 1.92. The van der Waals surface area contributed by atoms with Crippen molar-refractivity contribution in [2.45, 2.75) is 38.0 Å². The Morgan fingerprint density at radius 1 is 1.48 bits per heavy atom. The van der Waals surface area contributed by atoms with Gasteiger partial charge in [0.15, 0.2) is 5.01 Å². The number of carbonyl (C=O) groups is 1. The average Bonchev–Trinajstić information content (AvgIpc) is 3.05. The maximum Gasteiger partial charge on any atom is 0.443 e. The molecule has 1 N–H and O–H groups in total. The number of carboxylic acids is 1. The highest BCUT2D eigenvalue weighted by Crippen LogP contribution is 2.31. The maximum atomic E-state index is 12.5. The summed E-state index contributed by atoms with van der Waals surface area (Å²) < 4.78 is 39.7. The number of fused-ring (bicyclic) bond motifs is 1. The van der Waals surface area contributed by atoms with E-state index in [1.165, 1.54) is 5.38 Å². The molecule has 0 amide bonds. The second kappa shape index (κ2) is 5.48. The monoisotopic (exact) mass is 348 g/mol. The van der Waals surface area contributed by atoms with E-state index < -0.39 is 28.9 Å². The highest BCUT2D eigenvalue weighted by Gasteiger charge is 2.35. The van der Waals surface area contributed by atoms with Gasteiger partial charge in [0.25, 0.3) is 0 Å². The summed E-state index contributed by atoms with van der Waals surface area (Å²) in [4.78, 5) is 27.0. The van der Waals surface area contributed by atoms with E-state index in [0.717, 1.165) is 9.25 Å². The van der Waals surface area contributed by atoms with Crippen molar-refractivity contribution in [3.63, 3.8) is 0 Å². The minimum Gasteiger partial charge on any atom is -0.480 e. The zero-order valence-corrected chi connectivity index (χ0v) is 12.4. The molecule has 0 unspecified atom stereocenters. The fourth-order valence-electron chi connectivity index (χ4n) is 2.53. The van der Waals surface area contributed by atoms with Crippen molar-refractivity contribution in [3.05, 3.63) is 32.4 Å². The number of halogens is 3. The second-order valence-corrected chi connectivity index (χ2v) is 5.97. The summed E-state index contributed by atoms with van der Waals surface area (Å²) in [6.07, 6.45) is -3.17. The molecule has 1 aliphatic heterocycles. The number of aliphatic carboxylic acids is 1. The van der Waals surface area contributed by atoms with Gasteiger partial charge in [-0.25, -0.2) is 19.3 Å². The lowest BCUT2D eigenvalue weighted by Gasteiger charge is -2.19. The normalized spacial score (nSPS) is 18.0. The van der Waals surface area contributed by atoms with E-state index in [4.69, 9.17) is 5.11 Å². The molecule has 11 heteroatoms. The van der Waals surface area contributed by atoms with Gasteiger partial charge in [0.1, 0.15) is 11.9 Å². The number of rotatable bonds is 3. The van der Waals surface area contributed by atoms with Crippen LogP contribution in [0.5, 0.6) is 0 Å². The minimum atomic E-state index is -4.53. The Morgan fingerprint density at radius 3 is 2.83 bits per heavy atom. The van der Waals surface area contributed by atoms with Gasteiger partial charge in [-0.1, -0.05) is 0 Å². The van der Waals surface area contributed by atoms with Crippen LogP contribution < -0.4 is 5.69 Å². The van der Waals surface area contributed by atoms with Crippen LogP contribution >= 0.6 is 11.3 Å². The van der Waals surface area contributed by atoms with E-state index in [9.17, 15) is 22.8 Å². The lowest BCUT2D eigenvalue weighted by atomic mass is 10.1. The molecule has 0 fully saturated rings. The summed E-state index contributed by atoms with van der Waals surface area (Å²) >= 11 is 0.442. The molecule has 0 bridgehead atoms. The van der Waals surface area contributed by atoms with E-state index in [-0.39, 0.29) is 12.2 Å². The van der Waals surface area contributed by atoms with E-state index in [1.807, 2.05) is 0 Å². The number of carboxylic acid groups (broad SMARTS) is 1. The zero-order chi connectivity index (χ0) is 16.8. The van der Waals surface area contributed by atoms with Gasteiger partial charge in [0.05, 0.1) is 12.2 Å². The Hall–Kier alpha value is -2.17. The summed E-state index contributed by atoms with van der Waals surface area (Å²) in [5.74, 6) is -0.791. The largest absolute Gasteiger partial charge is 0.480 e. The summed E-state index contributed by atoms with van der Waals surface area (Å²) in [6, 6.07) is -0.985. The molecular formula is C12H11F3N4O3S. The first-order valence-electron chi connectivity index (χ1n) is 6.70. The molecule has 0 aliphatic carbocycles. The Bertz CT molecular complexity index is 807. The van der Waals surface area contributed by atoms with Crippen LogP contribution in [0.1, 0.15) is 35.4 Å². The van der Waals surface area contributed by atoms with E-state index in [1.54, 1.807) is 0 Å². The fourth-order valence-corrected chi connectivity index (χ4v) is 3.21. The Labute approximate surface area is 131 Å². The molecule has 0 aromatic carbocycles. The molecule has 3 heterocycles. The molecular weight excluding hydrogens is 337 g/mol. The van der Waals surface area contributed by atoms with Gasteiger partial charge in [-0.15, -0.1) is 11.3 Å². The summed E-state index contributed by atoms with van der Waals surface area (Å²) in [7, 11) is 0. The second-order valence-electron chi connectivity index (χ2n) is 5.11. The van der Waals surface area contributed by atoms with Crippen LogP contribution in [0.15, 0.2) is 10.2 Å². The molecule has 23 heavy (non-hydrogen) atoms. The topological polar surface area (TPSA) is 90.0 Å². The third-order valence-corrected chi connectivity index (χ3v) is 4.46. The molecule has 0 spiro atoms. The van der Waals surface area contributed by atoms with Crippen LogP contribution in [-0.4, -0.2) is 30.4 Å². The number of thiazole rings is 1. The molecule has 0 radical (unpaired) electrons. The first-order chi connectivity index (χ1) is 10.8. The van der Waals surface area contributed by atoms with E-state index >= 15 is 0 Å². The predicted octanol–water partition coefficient (Wildman–Crippen LogP) is 1.53. The van der Waals surface area contributed by atoms with Gasteiger partial charge in [-0.2, -0.15) is 18.3 Å². The fraction of sp³-hybridized carbons (Fsp3) is 0.500. The summed E-state index contributed by atoms with van der Waals surface area (Å²) in [6.45, 7) is -0.224. The zero-order valence-electron chi connectivity index (χ0n) is 11.6.